The fraction of sp³-hybridized carbons (Fsp3) is 0.444. The molecule has 0 atom stereocenters. The van der Waals surface area contributed by atoms with E-state index in [9.17, 15) is 0 Å². The van der Waals surface area contributed by atoms with Crippen LogP contribution in [0, 0.1) is 6.92 Å². The topological polar surface area (TPSA) is 22.1 Å². The Bertz CT molecular complexity index is 286. The molecule has 0 aliphatic rings. The van der Waals surface area contributed by atoms with Crippen molar-refractivity contribution in [2.24, 2.45) is 0 Å². The molecule has 1 rings (SSSR count). The summed E-state index contributed by atoms with van der Waals surface area (Å²) in [5.41, 5.74) is 2.07. The van der Waals surface area contributed by atoms with Gasteiger partial charge in [0.05, 0.1) is 7.11 Å². The SMILES string of the molecule is CCc1ncc(Cl)c(OC)c1C. The predicted octanol–water partition coefficient (Wildman–Crippen LogP) is 2.61. The summed E-state index contributed by atoms with van der Waals surface area (Å²) in [4.78, 5) is 4.19. The van der Waals surface area contributed by atoms with Crippen molar-refractivity contribution in [2.45, 2.75) is 20.3 Å². The Balaban J connectivity index is 3.24. The van der Waals surface area contributed by atoms with E-state index >= 15 is 0 Å². The maximum absolute atomic E-state index is 5.87. The van der Waals surface area contributed by atoms with Crippen LogP contribution in [0.1, 0.15) is 18.2 Å². The Morgan fingerprint density at radius 3 is 2.75 bits per heavy atom. The first-order chi connectivity index (χ1) is 5.70. The third-order valence-corrected chi connectivity index (χ3v) is 2.13. The Kier molecular flexibility index (Phi) is 2.93. The van der Waals surface area contributed by atoms with Gasteiger partial charge in [-0.2, -0.15) is 0 Å². The summed E-state index contributed by atoms with van der Waals surface area (Å²) in [7, 11) is 1.62. The molecule has 0 saturated carbocycles. The number of hydrogen-bond donors (Lipinski definition) is 0. The first kappa shape index (κ1) is 9.33. The first-order valence-electron chi connectivity index (χ1n) is 3.88. The zero-order valence-corrected chi connectivity index (χ0v) is 8.27. The molecule has 0 aliphatic heterocycles. The van der Waals surface area contributed by atoms with Crippen LogP contribution < -0.4 is 4.74 Å². The Hall–Kier alpha value is -0.760. The Morgan fingerprint density at radius 1 is 1.58 bits per heavy atom. The summed E-state index contributed by atoms with van der Waals surface area (Å²) in [5, 5.41) is 0.576. The van der Waals surface area contributed by atoms with Gasteiger partial charge in [0.1, 0.15) is 10.8 Å². The number of pyridine rings is 1. The number of aromatic nitrogens is 1. The number of hydrogen-bond acceptors (Lipinski definition) is 2. The van der Waals surface area contributed by atoms with E-state index in [2.05, 4.69) is 11.9 Å². The molecule has 0 aromatic carbocycles. The maximum atomic E-state index is 5.87. The van der Waals surface area contributed by atoms with Crippen LogP contribution in [0.15, 0.2) is 6.20 Å². The van der Waals surface area contributed by atoms with Crippen molar-refractivity contribution in [1.29, 1.82) is 0 Å². The van der Waals surface area contributed by atoms with E-state index in [-0.39, 0.29) is 0 Å². The van der Waals surface area contributed by atoms with Gasteiger partial charge in [-0.05, 0) is 13.3 Å². The van der Waals surface area contributed by atoms with E-state index in [4.69, 9.17) is 16.3 Å². The highest BCUT2D eigenvalue weighted by molar-refractivity contribution is 6.32. The zero-order valence-electron chi connectivity index (χ0n) is 7.52. The minimum absolute atomic E-state index is 0.576. The molecular formula is C9H12ClNO. The molecule has 0 fully saturated rings. The number of rotatable bonds is 2. The van der Waals surface area contributed by atoms with Crippen molar-refractivity contribution < 1.29 is 4.74 Å². The van der Waals surface area contributed by atoms with E-state index < -0.39 is 0 Å². The number of nitrogens with zero attached hydrogens (tertiary/aromatic N) is 1. The minimum atomic E-state index is 0.576. The lowest BCUT2D eigenvalue weighted by atomic mass is 10.1. The van der Waals surface area contributed by atoms with Crippen LogP contribution in [0.3, 0.4) is 0 Å². The molecule has 0 radical (unpaired) electrons. The lowest BCUT2D eigenvalue weighted by molar-refractivity contribution is 0.410. The smallest absolute Gasteiger partial charge is 0.143 e. The quantitative estimate of drug-likeness (QED) is 0.707. The molecule has 2 nitrogen and oxygen atoms in total. The van der Waals surface area contributed by atoms with Crippen molar-refractivity contribution >= 4 is 11.6 Å². The zero-order chi connectivity index (χ0) is 9.14. The van der Waals surface area contributed by atoms with Crippen LogP contribution in [0.2, 0.25) is 5.02 Å². The van der Waals surface area contributed by atoms with Crippen LogP contribution in [-0.2, 0) is 6.42 Å². The normalized spacial score (nSPS) is 10.0. The summed E-state index contributed by atoms with van der Waals surface area (Å²) >= 11 is 5.87. The molecule has 0 amide bonds. The van der Waals surface area contributed by atoms with Gasteiger partial charge >= 0.3 is 0 Å². The van der Waals surface area contributed by atoms with Crippen LogP contribution in [0.5, 0.6) is 5.75 Å². The van der Waals surface area contributed by atoms with Crippen molar-refractivity contribution in [1.82, 2.24) is 4.98 Å². The van der Waals surface area contributed by atoms with E-state index in [1.165, 1.54) is 0 Å². The molecule has 1 heterocycles. The van der Waals surface area contributed by atoms with Crippen molar-refractivity contribution in [3.05, 3.63) is 22.5 Å². The number of aryl methyl sites for hydroxylation is 1. The van der Waals surface area contributed by atoms with Crippen molar-refractivity contribution in [3.8, 4) is 5.75 Å². The molecule has 1 aromatic rings. The highest BCUT2D eigenvalue weighted by Gasteiger charge is 2.08. The monoisotopic (exact) mass is 185 g/mol. The van der Waals surface area contributed by atoms with E-state index in [0.29, 0.717) is 5.02 Å². The van der Waals surface area contributed by atoms with Crippen LogP contribution >= 0.6 is 11.6 Å². The van der Waals surface area contributed by atoms with Crippen molar-refractivity contribution in [2.75, 3.05) is 7.11 Å². The van der Waals surface area contributed by atoms with Gasteiger partial charge in [0.15, 0.2) is 0 Å². The van der Waals surface area contributed by atoms with Gasteiger partial charge in [-0.25, -0.2) is 0 Å². The first-order valence-corrected chi connectivity index (χ1v) is 4.26. The molecule has 0 saturated heterocycles. The second-order valence-electron chi connectivity index (χ2n) is 2.56. The molecule has 0 bridgehead atoms. The highest BCUT2D eigenvalue weighted by atomic mass is 35.5. The third-order valence-electron chi connectivity index (χ3n) is 1.86. The van der Waals surface area contributed by atoms with Crippen LogP contribution in [0.25, 0.3) is 0 Å². The van der Waals surface area contributed by atoms with Gasteiger partial charge in [-0.1, -0.05) is 18.5 Å². The lowest BCUT2D eigenvalue weighted by Crippen LogP contribution is -1.96. The summed E-state index contributed by atoms with van der Waals surface area (Å²) < 4.78 is 5.15. The molecular weight excluding hydrogens is 174 g/mol. The predicted molar refractivity (Wildman–Crippen MR) is 49.9 cm³/mol. The Morgan fingerprint density at radius 2 is 2.25 bits per heavy atom. The number of halogens is 1. The van der Waals surface area contributed by atoms with Gasteiger partial charge in [-0.3, -0.25) is 4.98 Å². The second kappa shape index (κ2) is 3.76. The third kappa shape index (κ3) is 1.53. The fourth-order valence-electron chi connectivity index (χ4n) is 1.21. The molecule has 66 valence electrons. The van der Waals surface area contributed by atoms with Gasteiger partial charge in [0, 0.05) is 17.5 Å². The summed E-state index contributed by atoms with van der Waals surface area (Å²) in [6.07, 6.45) is 2.53. The molecule has 0 aliphatic carbocycles. The summed E-state index contributed by atoms with van der Waals surface area (Å²) in [6, 6.07) is 0. The van der Waals surface area contributed by atoms with E-state index in [1.807, 2.05) is 6.92 Å². The van der Waals surface area contributed by atoms with Gasteiger partial charge in [0.25, 0.3) is 0 Å². The molecule has 12 heavy (non-hydrogen) atoms. The average molecular weight is 186 g/mol. The van der Waals surface area contributed by atoms with Gasteiger partial charge in [-0.15, -0.1) is 0 Å². The van der Waals surface area contributed by atoms with Crippen molar-refractivity contribution in [3.63, 3.8) is 0 Å². The average Bonchev–Trinajstić information content (AvgIpc) is 2.06. The maximum Gasteiger partial charge on any atom is 0.143 e. The second-order valence-corrected chi connectivity index (χ2v) is 2.97. The lowest BCUT2D eigenvalue weighted by Gasteiger charge is -2.09. The standard InChI is InChI=1S/C9H12ClNO/c1-4-8-6(2)9(12-3)7(10)5-11-8/h5H,4H2,1-3H3. The van der Waals surface area contributed by atoms with Gasteiger partial charge in [0.2, 0.25) is 0 Å². The highest BCUT2D eigenvalue weighted by Crippen LogP contribution is 2.28. The van der Waals surface area contributed by atoms with Crippen LogP contribution in [0.4, 0.5) is 0 Å². The van der Waals surface area contributed by atoms with Crippen LogP contribution in [-0.4, -0.2) is 12.1 Å². The number of methoxy groups -OCH3 is 1. The van der Waals surface area contributed by atoms with E-state index in [0.717, 1.165) is 23.4 Å². The molecule has 3 heteroatoms. The molecule has 0 N–H and O–H groups in total. The largest absolute Gasteiger partial charge is 0.495 e. The summed E-state index contributed by atoms with van der Waals surface area (Å²) in [5.74, 6) is 0.739. The Labute approximate surface area is 77.5 Å². The molecule has 0 spiro atoms. The summed E-state index contributed by atoms with van der Waals surface area (Å²) in [6.45, 7) is 4.03. The minimum Gasteiger partial charge on any atom is -0.495 e. The molecule has 0 unspecified atom stereocenters. The molecule has 1 aromatic heterocycles. The van der Waals surface area contributed by atoms with E-state index in [1.54, 1.807) is 13.3 Å². The number of ether oxygens (including phenoxy) is 1. The van der Waals surface area contributed by atoms with Gasteiger partial charge < -0.3 is 4.74 Å². The fourth-order valence-corrected chi connectivity index (χ4v) is 1.47.